The fourth-order valence-corrected chi connectivity index (χ4v) is 1.59. The van der Waals surface area contributed by atoms with Gasteiger partial charge < -0.3 is 5.32 Å². The summed E-state index contributed by atoms with van der Waals surface area (Å²) in [6, 6.07) is 0. The molecule has 0 aliphatic rings. The number of hydrogen-bond donors (Lipinski definition) is 1. The number of thiazole rings is 1. The Morgan fingerprint density at radius 3 is 2.62 bits per heavy atom. The van der Waals surface area contributed by atoms with E-state index in [0.717, 1.165) is 6.20 Å². The van der Waals surface area contributed by atoms with Gasteiger partial charge in [-0.25, -0.2) is 4.98 Å². The highest BCUT2D eigenvalue weighted by molar-refractivity contribution is 7.17. The van der Waals surface area contributed by atoms with Crippen molar-refractivity contribution in [2.24, 2.45) is 0 Å². The van der Waals surface area contributed by atoms with Crippen LogP contribution in [0.1, 0.15) is 9.67 Å². The number of Topliss-reactive ketones (excluding diaryl/α,β-unsaturated/α-hetero) is 1. The fourth-order valence-electron chi connectivity index (χ4n) is 0.729. The molecule has 9 heteroatoms. The van der Waals surface area contributed by atoms with E-state index < -0.39 is 22.7 Å². The maximum absolute atomic E-state index is 12.0. The predicted molar refractivity (Wildman–Crippen MR) is 51.8 cm³/mol. The van der Waals surface area contributed by atoms with Crippen molar-refractivity contribution in [3.05, 3.63) is 11.1 Å². The second kappa shape index (κ2) is 4.79. The number of alkyl halides is 4. The van der Waals surface area contributed by atoms with E-state index >= 15 is 0 Å². The minimum Gasteiger partial charge on any atom is -0.301 e. The smallest absolute Gasteiger partial charge is 0.301 e. The summed E-state index contributed by atoms with van der Waals surface area (Å²) in [4.78, 5) is 24.4. The minimum absolute atomic E-state index is 0.0988. The average molecular weight is 273 g/mol. The van der Waals surface area contributed by atoms with E-state index in [-0.39, 0.29) is 11.0 Å². The summed E-state index contributed by atoms with van der Waals surface area (Å²) < 4.78 is 36.0. The standard InChI is InChI=1S/C7H4ClF3N2O2S/c8-1-4(14)13-6-12-2-3(16-6)5(15)7(9,10)11/h2H,1H2,(H,12,13,14). The molecule has 0 aliphatic carbocycles. The third kappa shape index (κ3) is 3.17. The van der Waals surface area contributed by atoms with Crippen molar-refractivity contribution >= 4 is 39.8 Å². The molecule has 1 heterocycles. The number of aromatic nitrogens is 1. The van der Waals surface area contributed by atoms with Gasteiger partial charge in [0.15, 0.2) is 5.13 Å². The Hall–Kier alpha value is -1.15. The van der Waals surface area contributed by atoms with E-state index in [1.165, 1.54) is 0 Å². The zero-order chi connectivity index (χ0) is 12.3. The van der Waals surface area contributed by atoms with Crippen LogP contribution in [0.4, 0.5) is 18.3 Å². The van der Waals surface area contributed by atoms with Crippen molar-refractivity contribution in [3.63, 3.8) is 0 Å². The molecule has 0 aromatic carbocycles. The number of carbonyl (C=O) groups is 2. The van der Waals surface area contributed by atoms with Crippen LogP contribution in [0.5, 0.6) is 0 Å². The average Bonchev–Trinajstić information content (AvgIpc) is 2.63. The molecular weight excluding hydrogens is 269 g/mol. The van der Waals surface area contributed by atoms with Crippen molar-refractivity contribution in [3.8, 4) is 0 Å². The summed E-state index contributed by atoms with van der Waals surface area (Å²) in [7, 11) is 0. The lowest BCUT2D eigenvalue weighted by atomic mass is 10.3. The molecule has 1 amide bonds. The largest absolute Gasteiger partial charge is 0.455 e. The molecule has 0 unspecified atom stereocenters. The highest BCUT2D eigenvalue weighted by Crippen LogP contribution is 2.26. The monoisotopic (exact) mass is 272 g/mol. The minimum atomic E-state index is -4.94. The molecule has 1 rings (SSSR count). The number of ketones is 1. The molecule has 0 fully saturated rings. The van der Waals surface area contributed by atoms with Gasteiger partial charge in [0, 0.05) is 0 Å². The first-order valence-electron chi connectivity index (χ1n) is 3.77. The summed E-state index contributed by atoms with van der Waals surface area (Å²) in [5, 5.41) is 2.04. The molecule has 0 atom stereocenters. The number of carbonyl (C=O) groups excluding carboxylic acids is 2. The molecule has 0 aliphatic heterocycles. The van der Waals surface area contributed by atoms with Gasteiger partial charge in [0.2, 0.25) is 5.91 Å². The number of anilines is 1. The van der Waals surface area contributed by atoms with Crippen LogP contribution in [0.2, 0.25) is 0 Å². The Labute approximate surface area is 96.4 Å². The topological polar surface area (TPSA) is 59.1 Å². The molecular formula is C7H4ClF3N2O2S. The third-order valence-corrected chi connectivity index (χ3v) is 2.51. The van der Waals surface area contributed by atoms with Crippen molar-refractivity contribution in [2.75, 3.05) is 11.2 Å². The Balaban J connectivity index is 2.80. The lowest BCUT2D eigenvalue weighted by Gasteiger charge is -2.00. The van der Waals surface area contributed by atoms with E-state index in [1.54, 1.807) is 0 Å². The van der Waals surface area contributed by atoms with Crippen molar-refractivity contribution in [1.29, 1.82) is 0 Å². The third-order valence-electron chi connectivity index (χ3n) is 1.35. The molecule has 1 aromatic rings. The summed E-state index contributed by atoms with van der Waals surface area (Å²) in [5.41, 5.74) is 0. The lowest BCUT2D eigenvalue weighted by molar-refractivity contribution is -0.113. The molecule has 1 aromatic heterocycles. The van der Waals surface area contributed by atoms with Crippen molar-refractivity contribution < 1.29 is 22.8 Å². The van der Waals surface area contributed by atoms with Crippen LogP contribution in [0.3, 0.4) is 0 Å². The highest BCUT2D eigenvalue weighted by atomic mass is 35.5. The second-order valence-corrected chi connectivity index (χ2v) is 3.84. The molecule has 0 saturated heterocycles. The summed E-state index contributed by atoms with van der Waals surface area (Å²) in [6.07, 6.45) is -4.19. The van der Waals surface area contributed by atoms with Gasteiger partial charge in [0.05, 0.1) is 6.20 Å². The van der Waals surface area contributed by atoms with Gasteiger partial charge >= 0.3 is 6.18 Å². The van der Waals surface area contributed by atoms with Gasteiger partial charge in [-0.3, -0.25) is 9.59 Å². The molecule has 1 N–H and O–H groups in total. The zero-order valence-corrected chi connectivity index (χ0v) is 9.04. The van der Waals surface area contributed by atoms with Crippen LogP contribution in [-0.4, -0.2) is 28.7 Å². The number of rotatable bonds is 3. The van der Waals surface area contributed by atoms with E-state index in [9.17, 15) is 22.8 Å². The van der Waals surface area contributed by atoms with E-state index in [1.807, 2.05) is 0 Å². The van der Waals surface area contributed by atoms with Gasteiger partial charge in [0.1, 0.15) is 10.8 Å². The predicted octanol–water partition coefficient (Wildman–Crippen LogP) is 2.07. The van der Waals surface area contributed by atoms with Crippen LogP contribution in [-0.2, 0) is 4.79 Å². The lowest BCUT2D eigenvalue weighted by Crippen LogP contribution is -2.21. The maximum Gasteiger partial charge on any atom is 0.455 e. The van der Waals surface area contributed by atoms with Crippen LogP contribution in [0.25, 0.3) is 0 Å². The molecule has 0 spiro atoms. The van der Waals surface area contributed by atoms with E-state index in [4.69, 9.17) is 11.6 Å². The first-order chi connectivity index (χ1) is 7.34. The van der Waals surface area contributed by atoms with E-state index in [2.05, 4.69) is 10.3 Å². The summed E-state index contributed by atoms with van der Waals surface area (Å²) in [5.74, 6) is -2.94. The van der Waals surface area contributed by atoms with Crippen LogP contribution in [0.15, 0.2) is 6.20 Å². The van der Waals surface area contributed by atoms with Gasteiger partial charge in [0.25, 0.3) is 5.78 Å². The number of amides is 1. The van der Waals surface area contributed by atoms with Gasteiger partial charge in [-0.15, -0.1) is 11.6 Å². The molecule has 0 saturated carbocycles. The number of nitrogens with one attached hydrogen (secondary N) is 1. The summed E-state index contributed by atoms with van der Waals surface area (Å²) >= 11 is 5.60. The number of hydrogen-bond acceptors (Lipinski definition) is 4. The van der Waals surface area contributed by atoms with Crippen molar-refractivity contribution in [1.82, 2.24) is 4.98 Å². The highest BCUT2D eigenvalue weighted by Gasteiger charge is 2.40. The van der Waals surface area contributed by atoms with Gasteiger partial charge in [-0.05, 0) is 0 Å². The van der Waals surface area contributed by atoms with Crippen LogP contribution >= 0.6 is 22.9 Å². The first-order valence-corrected chi connectivity index (χ1v) is 5.13. The van der Waals surface area contributed by atoms with Crippen LogP contribution in [0, 0.1) is 0 Å². The SMILES string of the molecule is O=C(CCl)Nc1ncc(C(=O)C(F)(F)F)s1. The molecule has 0 radical (unpaired) electrons. The molecule has 88 valence electrons. The van der Waals surface area contributed by atoms with Crippen LogP contribution < -0.4 is 5.32 Å². The fraction of sp³-hybridized carbons (Fsp3) is 0.286. The quantitative estimate of drug-likeness (QED) is 0.677. The maximum atomic E-state index is 12.0. The number of halogens is 4. The van der Waals surface area contributed by atoms with Crippen molar-refractivity contribution in [2.45, 2.75) is 6.18 Å². The van der Waals surface area contributed by atoms with Gasteiger partial charge in [-0.1, -0.05) is 11.3 Å². The van der Waals surface area contributed by atoms with Gasteiger partial charge in [-0.2, -0.15) is 13.2 Å². The van der Waals surface area contributed by atoms with E-state index in [0.29, 0.717) is 11.3 Å². The Morgan fingerprint density at radius 2 is 2.12 bits per heavy atom. The number of nitrogens with zero attached hydrogens (tertiary/aromatic N) is 1. The Kier molecular flexibility index (Phi) is 3.87. The normalized spacial score (nSPS) is 11.2. The second-order valence-electron chi connectivity index (χ2n) is 2.54. The molecule has 4 nitrogen and oxygen atoms in total. The molecule has 0 bridgehead atoms. The molecule has 16 heavy (non-hydrogen) atoms. The Morgan fingerprint density at radius 1 is 1.50 bits per heavy atom. The zero-order valence-electron chi connectivity index (χ0n) is 7.47. The summed E-state index contributed by atoms with van der Waals surface area (Å²) in [6.45, 7) is 0. The first kappa shape index (κ1) is 12.9. The Bertz CT molecular complexity index is 418.